The Labute approximate surface area is 198 Å². The van der Waals surface area contributed by atoms with E-state index in [0.717, 1.165) is 23.5 Å². The van der Waals surface area contributed by atoms with Gasteiger partial charge in [0.2, 0.25) is 0 Å². The molecule has 4 rings (SSSR count). The molecule has 3 heteroatoms. The molecule has 158 valence electrons. The molecule has 0 atom stereocenters. The summed E-state index contributed by atoms with van der Waals surface area (Å²) in [5.74, 6) is 0. The smallest absolute Gasteiger partial charge is 0.0737 e. The van der Waals surface area contributed by atoms with Crippen molar-refractivity contribution in [2.45, 2.75) is 39.0 Å². The molecule has 0 bridgehead atoms. The van der Waals surface area contributed by atoms with E-state index in [0.29, 0.717) is 0 Å². The Hall–Kier alpha value is -2.36. The van der Waals surface area contributed by atoms with E-state index < -0.39 is 0 Å². The summed E-state index contributed by atoms with van der Waals surface area (Å²) in [6.45, 7) is 2.26. The summed E-state index contributed by atoms with van der Waals surface area (Å²) in [4.78, 5) is 3.63. The zero-order chi connectivity index (χ0) is 21.5. The predicted molar refractivity (Wildman–Crippen MR) is 140 cm³/mol. The first kappa shape index (κ1) is 21.9. The lowest BCUT2D eigenvalue weighted by molar-refractivity contribution is 0.667. The van der Waals surface area contributed by atoms with Crippen molar-refractivity contribution in [3.8, 4) is 10.4 Å². The molecule has 1 nitrogen and oxygen atoms in total. The number of benzene rings is 3. The SMILES string of the molecule is CCCCCCc1cc(-c2ccc(N(c3ccccc3)c3ccccc3)cc2)sc1Br. The predicted octanol–water partition coefficient (Wildman–Crippen LogP) is 9.77. The third kappa shape index (κ3) is 5.47. The highest BCUT2D eigenvalue weighted by Crippen LogP contribution is 2.39. The maximum absolute atomic E-state index is 3.79. The first-order chi connectivity index (χ1) is 15.3. The molecule has 0 N–H and O–H groups in total. The molecule has 0 radical (unpaired) electrons. The average molecular weight is 491 g/mol. The monoisotopic (exact) mass is 489 g/mol. The van der Waals surface area contributed by atoms with Crippen LogP contribution in [0, 0.1) is 0 Å². The molecule has 0 fully saturated rings. The number of hydrogen-bond donors (Lipinski definition) is 0. The summed E-state index contributed by atoms with van der Waals surface area (Å²) < 4.78 is 1.28. The van der Waals surface area contributed by atoms with Crippen molar-refractivity contribution in [2.75, 3.05) is 4.90 Å². The Balaban J connectivity index is 1.58. The first-order valence-electron chi connectivity index (χ1n) is 11.0. The molecule has 0 aliphatic rings. The Morgan fingerprint density at radius 2 is 1.29 bits per heavy atom. The second-order valence-corrected chi connectivity index (χ2v) is 10.1. The van der Waals surface area contributed by atoms with Crippen molar-refractivity contribution in [1.29, 1.82) is 0 Å². The number of thiophene rings is 1. The van der Waals surface area contributed by atoms with Crippen molar-refractivity contribution >= 4 is 44.3 Å². The minimum Gasteiger partial charge on any atom is -0.311 e. The van der Waals surface area contributed by atoms with E-state index in [4.69, 9.17) is 0 Å². The molecule has 0 amide bonds. The van der Waals surface area contributed by atoms with Crippen LogP contribution in [-0.2, 0) is 6.42 Å². The van der Waals surface area contributed by atoms with Crippen LogP contribution in [0.5, 0.6) is 0 Å². The fourth-order valence-electron chi connectivity index (χ4n) is 3.84. The summed E-state index contributed by atoms with van der Waals surface area (Å²) in [5, 5.41) is 0. The van der Waals surface area contributed by atoms with Crippen LogP contribution >= 0.6 is 27.3 Å². The molecule has 1 heterocycles. The van der Waals surface area contributed by atoms with E-state index in [9.17, 15) is 0 Å². The third-order valence-corrected chi connectivity index (χ3v) is 7.51. The quantitative estimate of drug-likeness (QED) is 0.211. The van der Waals surface area contributed by atoms with Gasteiger partial charge in [-0.25, -0.2) is 0 Å². The molecule has 31 heavy (non-hydrogen) atoms. The lowest BCUT2D eigenvalue weighted by Crippen LogP contribution is -2.09. The summed E-state index contributed by atoms with van der Waals surface area (Å²) >= 11 is 5.63. The van der Waals surface area contributed by atoms with Crippen LogP contribution in [0.2, 0.25) is 0 Å². The Bertz CT molecular complexity index is 1030. The van der Waals surface area contributed by atoms with Crippen molar-refractivity contribution < 1.29 is 0 Å². The van der Waals surface area contributed by atoms with Crippen molar-refractivity contribution in [3.05, 3.63) is 100 Å². The van der Waals surface area contributed by atoms with Gasteiger partial charge in [-0.05, 0) is 82.4 Å². The number of rotatable bonds is 9. The van der Waals surface area contributed by atoms with Gasteiger partial charge >= 0.3 is 0 Å². The second kappa shape index (κ2) is 10.8. The van der Waals surface area contributed by atoms with E-state index in [1.807, 2.05) is 11.3 Å². The van der Waals surface area contributed by atoms with Crippen molar-refractivity contribution in [1.82, 2.24) is 0 Å². The molecular formula is C28H28BrNS. The lowest BCUT2D eigenvalue weighted by atomic mass is 10.1. The van der Waals surface area contributed by atoms with Crippen LogP contribution in [0.3, 0.4) is 0 Å². The lowest BCUT2D eigenvalue weighted by Gasteiger charge is -2.25. The molecular weight excluding hydrogens is 462 g/mol. The molecule has 0 aliphatic heterocycles. The van der Waals surface area contributed by atoms with Gasteiger partial charge in [0.05, 0.1) is 3.79 Å². The van der Waals surface area contributed by atoms with Crippen molar-refractivity contribution in [3.63, 3.8) is 0 Å². The Morgan fingerprint density at radius 1 is 0.710 bits per heavy atom. The fourth-order valence-corrected chi connectivity index (χ4v) is 5.61. The number of para-hydroxylation sites is 2. The van der Waals surface area contributed by atoms with E-state index >= 15 is 0 Å². The molecule has 0 unspecified atom stereocenters. The summed E-state index contributed by atoms with van der Waals surface area (Å²) in [5.41, 5.74) is 6.20. The normalized spacial score (nSPS) is 10.9. The highest BCUT2D eigenvalue weighted by molar-refractivity contribution is 9.11. The van der Waals surface area contributed by atoms with Gasteiger partial charge in [-0.15, -0.1) is 11.3 Å². The van der Waals surface area contributed by atoms with Crippen LogP contribution in [-0.4, -0.2) is 0 Å². The zero-order valence-corrected chi connectivity index (χ0v) is 20.3. The molecule has 0 aliphatic carbocycles. The standard InChI is InChI=1S/C28H28BrNS/c1-2-3-4-7-12-23-21-27(31-28(23)29)22-17-19-26(20-18-22)30(24-13-8-5-9-14-24)25-15-10-6-11-16-25/h5-6,8-11,13-21H,2-4,7,12H2,1H3. The zero-order valence-electron chi connectivity index (χ0n) is 17.9. The maximum atomic E-state index is 3.79. The van der Waals surface area contributed by atoms with Crippen LogP contribution in [0.15, 0.2) is 94.8 Å². The van der Waals surface area contributed by atoms with Gasteiger partial charge in [-0.2, -0.15) is 0 Å². The number of nitrogens with zero attached hydrogens (tertiary/aromatic N) is 1. The Morgan fingerprint density at radius 3 is 1.87 bits per heavy atom. The van der Waals surface area contributed by atoms with Crippen LogP contribution in [0.1, 0.15) is 38.2 Å². The van der Waals surface area contributed by atoms with Gasteiger partial charge in [-0.3, -0.25) is 0 Å². The van der Waals surface area contributed by atoms with Crippen molar-refractivity contribution in [2.24, 2.45) is 0 Å². The largest absolute Gasteiger partial charge is 0.311 e. The van der Waals surface area contributed by atoms with Gasteiger partial charge in [0.1, 0.15) is 0 Å². The number of unbranched alkanes of at least 4 members (excludes halogenated alkanes) is 3. The summed E-state index contributed by atoms with van der Waals surface area (Å²) in [7, 11) is 0. The van der Waals surface area contributed by atoms with E-state index in [1.165, 1.54) is 45.5 Å². The number of aryl methyl sites for hydroxylation is 1. The van der Waals surface area contributed by atoms with Gasteiger partial charge in [-0.1, -0.05) is 74.7 Å². The molecule has 4 aromatic rings. The molecule has 0 saturated heterocycles. The van der Waals surface area contributed by atoms with Gasteiger partial charge in [0, 0.05) is 21.9 Å². The summed E-state index contributed by atoms with van der Waals surface area (Å²) in [6, 6.07) is 32.4. The highest BCUT2D eigenvalue weighted by Gasteiger charge is 2.13. The van der Waals surface area contributed by atoms with Crippen LogP contribution in [0.25, 0.3) is 10.4 Å². The third-order valence-electron chi connectivity index (χ3n) is 5.50. The van der Waals surface area contributed by atoms with Crippen LogP contribution in [0.4, 0.5) is 17.1 Å². The number of halogens is 1. The fraction of sp³-hybridized carbons (Fsp3) is 0.214. The first-order valence-corrected chi connectivity index (χ1v) is 12.7. The van der Waals surface area contributed by atoms with Gasteiger partial charge < -0.3 is 4.90 Å². The van der Waals surface area contributed by atoms with E-state index in [2.05, 4.69) is 119 Å². The second-order valence-electron chi connectivity index (χ2n) is 7.77. The molecule has 0 spiro atoms. The highest BCUT2D eigenvalue weighted by atomic mass is 79.9. The number of hydrogen-bond acceptors (Lipinski definition) is 2. The van der Waals surface area contributed by atoms with Crippen LogP contribution < -0.4 is 4.90 Å². The van der Waals surface area contributed by atoms with E-state index in [-0.39, 0.29) is 0 Å². The Kier molecular flexibility index (Phi) is 7.61. The van der Waals surface area contributed by atoms with Gasteiger partial charge in [0.25, 0.3) is 0 Å². The summed E-state index contributed by atoms with van der Waals surface area (Å²) in [6.07, 6.45) is 6.36. The molecule has 1 aromatic heterocycles. The maximum Gasteiger partial charge on any atom is 0.0737 e. The number of anilines is 3. The minimum absolute atomic E-state index is 1.16. The minimum atomic E-state index is 1.16. The topological polar surface area (TPSA) is 3.24 Å². The molecule has 0 saturated carbocycles. The molecule has 3 aromatic carbocycles. The van der Waals surface area contributed by atoms with E-state index in [1.54, 1.807) is 0 Å². The van der Waals surface area contributed by atoms with Gasteiger partial charge in [0.15, 0.2) is 0 Å². The average Bonchev–Trinajstić information content (AvgIpc) is 3.19.